The summed E-state index contributed by atoms with van der Waals surface area (Å²) in [5, 5.41) is 0. The Morgan fingerprint density at radius 1 is 1.12 bits per heavy atom. The smallest absolute Gasteiger partial charge is 0.185 e. The lowest BCUT2D eigenvalue weighted by Gasteiger charge is -2.43. The van der Waals surface area contributed by atoms with Gasteiger partial charge < -0.3 is 0 Å². The molecular weight excluding hydrogens is 224 g/mol. The van der Waals surface area contributed by atoms with E-state index in [-0.39, 0.29) is 17.1 Å². The van der Waals surface area contributed by atoms with Crippen molar-refractivity contribution in [3.05, 3.63) is 29.8 Å². The van der Waals surface area contributed by atoms with Gasteiger partial charge in [0.1, 0.15) is 0 Å². The highest BCUT2D eigenvalue weighted by atomic mass is 32.2. The Balaban J connectivity index is 2.29. The van der Waals surface area contributed by atoms with Gasteiger partial charge in [-0.1, -0.05) is 24.6 Å². The average Bonchev–Trinajstić information content (AvgIpc) is 2.21. The Labute approximate surface area is 94.4 Å². The average molecular weight is 236 g/mol. The number of carbonyl (C=O) groups is 1. The first kappa shape index (κ1) is 10.0. The van der Waals surface area contributed by atoms with E-state index >= 15 is 0 Å². The first-order valence-electron chi connectivity index (χ1n) is 5.44. The molecule has 1 aliphatic carbocycles. The second-order valence-electron chi connectivity index (χ2n) is 4.64. The van der Waals surface area contributed by atoms with Crippen molar-refractivity contribution in [3.63, 3.8) is 0 Å². The van der Waals surface area contributed by atoms with Crippen LogP contribution in [0.2, 0.25) is 0 Å². The Bertz CT molecular complexity index is 568. The van der Waals surface area contributed by atoms with Crippen LogP contribution in [-0.4, -0.2) is 18.9 Å². The highest BCUT2D eigenvalue weighted by molar-refractivity contribution is 7.93. The maximum Gasteiger partial charge on any atom is 0.185 e. The molecule has 0 bridgehead atoms. The minimum Gasteiger partial charge on any atom is -0.294 e. The zero-order valence-electron chi connectivity index (χ0n) is 8.77. The molecule has 3 nitrogen and oxygen atoms in total. The summed E-state index contributed by atoms with van der Waals surface area (Å²) >= 11 is 0. The zero-order valence-corrected chi connectivity index (χ0v) is 9.59. The maximum absolute atomic E-state index is 12.4. The third-order valence-corrected chi connectivity index (χ3v) is 6.42. The second kappa shape index (κ2) is 2.94. The minimum atomic E-state index is -3.30. The zero-order chi connectivity index (χ0) is 11.4. The molecule has 2 aliphatic rings. The normalized spacial score (nSPS) is 24.9. The molecule has 0 N–H and O–H groups in total. The van der Waals surface area contributed by atoms with Gasteiger partial charge in [-0.05, 0) is 18.9 Å². The molecule has 1 aromatic rings. The monoisotopic (exact) mass is 236 g/mol. The van der Waals surface area contributed by atoms with Crippen LogP contribution in [-0.2, 0) is 9.84 Å². The largest absolute Gasteiger partial charge is 0.294 e. The fourth-order valence-corrected chi connectivity index (χ4v) is 5.01. The summed E-state index contributed by atoms with van der Waals surface area (Å²) in [6.07, 6.45) is 2.35. The van der Waals surface area contributed by atoms with Gasteiger partial charge >= 0.3 is 0 Å². The molecule has 84 valence electrons. The molecule has 0 saturated heterocycles. The van der Waals surface area contributed by atoms with Crippen LogP contribution in [0.3, 0.4) is 0 Å². The van der Waals surface area contributed by atoms with Crippen LogP contribution in [0.25, 0.3) is 0 Å². The van der Waals surface area contributed by atoms with Crippen molar-refractivity contribution in [1.29, 1.82) is 0 Å². The van der Waals surface area contributed by atoms with Gasteiger partial charge in [0.25, 0.3) is 0 Å². The Morgan fingerprint density at radius 2 is 1.81 bits per heavy atom. The van der Waals surface area contributed by atoms with Gasteiger partial charge in [0.05, 0.1) is 9.64 Å². The van der Waals surface area contributed by atoms with Gasteiger partial charge in [0.15, 0.2) is 15.6 Å². The number of fused-ring (bicyclic) bond motifs is 1. The van der Waals surface area contributed by atoms with E-state index < -0.39 is 14.6 Å². The van der Waals surface area contributed by atoms with Crippen molar-refractivity contribution in [2.75, 3.05) is 0 Å². The highest BCUT2D eigenvalue weighted by Crippen LogP contribution is 2.49. The number of rotatable bonds is 0. The number of ketones is 1. The third-order valence-electron chi connectivity index (χ3n) is 3.79. The maximum atomic E-state index is 12.4. The molecule has 0 aromatic heterocycles. The summed E-state index contributed by atoms with van der Waals surface area (Å²) in [6, 6.07) is 6.56. The van der Waals surface area contributed by atoms with E-state index in [1.807, 2.05) is 0 Å². The molecule has 16 heavy (non-hydrogen) atoms. The van der Waals surface area contributed by atoms with Crippen LogP contribution in [0, 0.1) is 0 Å². The number of sulfone groups is 1. The van der Waals surface area contributed by atoms with Crippen molar-refractivity contribution in [2.45, 2.75) is 35.3 Å². The SMILES string of the molecule is O=C1CC2(CCC2)S(=O)(=O)c2ccccc21. The van der Waals surface area contributed by atoms with Crippen molar-refractivity contribution >= 4 is 15.6 Å². The molecule has 0 radical (unpaired) electrons. The van der Waals surface area contributed by atoms with E-state index in [4.69, 9.17) is 0 Å². The molecule has 4 heteroatoms. The number of Topliss-reactive ketones (excluding diaryl/α,β-unsaturated/α-hetero) is 1. The number of carbonyl (C=O) groups excluding carboxylic acids is 1. The third kappa shape index (κ3) is 1.03. The van der Waals surface area contributed by atoms with Crippen LogP contribution in [0.15, 0.2) is 29.2 Å². The lowest BCUT2D eigenvalue weighted by molar-refractivity contribution is 0.0937. The molecule has 1 spiro atoms. The predicted octanol–water partition coefficient (Wildman–Crippen LogP) is 1.97. The quantitative estimate of drug-likeness (QED) is 0.692. The number of hydrogen-bond donors (Lipinski definition) is 0. The second-order valence-corrected chi connectivity index (χ2v) is 6.95. The molecule has 1 heterocycles. The Kier molecular flexibility index (Phi) is 1.84. The van der Waals surface area contributed by atoms with Gasteiger partial charge in [0.2, 0.25) is 0 Å². The lowest BCUT2D eigenvalue weighted by Crippen LogP contribution is -2.49. The van der Waals surface area contributed by atoms with E-state index in [0.29, 0.717) is 18.4 Å². The van der Waals surface area contributed by atoms with Crippen LogP contribution >= 0.6 is 0 Å². The molecule has 1 aliphatic heterocycles. The summed E-state index contributed by atoms with van der Waals surface area (Å²) < 4.78 is 24.0. The molecule has 0 atom stereocenters. The van der Waals surface area contributed by atoms with E-state index in [9.17, 15) is 13.2 Å². The van der Waals surface area contributed by atoms with E-state index in [0.717, 1.165) is 6.42 Å². The molecule has 1 aromatic carbocycles. The summed E-state index contributed by atoms with van der Waals surface area (Å²) in [4.78, 5) is 12.2. The van der Waals surface area contributed by atoms with Gasteiger partial charge in [-0.3, -0.25) is 4.79 Å². The molecule has 0 unspecified atom stereocenters. The fraction of sp³-hybridized carbons (Fsp3) is 0.417. The summed E-state index contributed by atoms with van der Waals surface area (Å²) in [5.74, 6) is -0.0230. The van der Waals surface area contributed by atoms with E-state index in [1.54, 1.807) is 24.3 Å². The first-order chi connectivity index (χ1) is 7.57. The highest BCUT2D eigenvalue weighted by Gasteiger charge is 2.54. The standard InChI is InChI=1S/C12H12O3S/c13-10-8-12(6-3-7-12)16(14,15)11-5-2-1-4-9(10)11/h1-2,4-5H,3,6-8H2. The summed E-state index contributed by atoms with van der Waals surface area (Å²) in [7, 11) is -3.30. The molecule has 3 rings (SSSR count). The first-order valence-corrected chi connectivity index (χ1v) is 6.92. The summed E-state index contributed by atoms with van der Waals surface area (Å²) in [6.45, 7) is 0. The van der Waals surface area contributed by atoms with Crippen LogP contribution in [0.1, 0.15) is 36.0 Å². The van der Waals surface area contributed by atoms with Crippen molar-refractivity contribution < 1.29 is 13.2 Å². The Morgan fingerprint density at radius 3 is 2.44 bits per heavy atom. The topological polar surface area (TPSA) is 51.2 Å². The van der Waals surface area contributed by atoms with Crippen molar-refractivity contribution in [1.82, 2.24) is 0 Å². The van der Waals surface area contributed by atoms with Crippen molar-refractivity contribution in [2.24, 2.45) is 0 Å². The van der Waals surface area contributed by atoms with Crippen LogP contribution < -0.4 is 0 Å². The molecule has 1 saturated carbocycles. The predicted molar refractivity (Wildman–Crippen MR) is 59.2 cm³/mol. The molecule has 0 amide bonds. The minimum absolute atomic E-state index is 0.0230. The lowest BCUT2D eigenvalue weighted by atomic mass is 9.79. The fourth-order valence-electron chi connectivity index (χ4n) is 2.66. The van der Waals surface area contributed by atoms with E-state index in [2.05, 4.69) is 0 Å². The van der Waals surface area contributed by atoms with Gasteiger partial charge in [0, 0.05) is 12.0 Å². The van der Waals surface area contributed by atoms with Crippen molar-refractivity contribution in [3.8, 4) is 0 Å². The van der Waals surface area contributed by atoms with E-state index in [1.165, 1.54) is 0 Å². The van der Waals surface area contributed by atoms with Crippen LogP contribution in [0.4, 0.5) is 0 Å². The molecular formula is C12H12O3S. The number of benzene rings is 1. The summed E-state index contributed by atoms with van der Waals surface area (Å²) in [5.41, 5.74) is 0.375. The van der Waals surface area contributed by atoms with Gasteiger partial charge in [-0.15, -0.1) is 0 Å². The Hall–Kier alpha value is -1.16. The van der Waals surface area contributed by atoms with Crippen LogP contribution in [0.5, 0.6) is 0 Å². The number of hydrogen-bond acceptors (Lipinski definition) is 3. The van der Waals surface area contributed by atoms with Gasteiger partial charge in [-0.2, -0.15) is 0 Å². The molecule has 1 fully saturated rings. The van der Waals surface area contributed by atoms with Gasteiger partial charge in [-0.25, -0.2) is 8.42 Å².